The largest absolute Gasteiger partial charge is 0.334 e. The van der Waals surface area contributed by atoms with Crippen LogP contribution in [0, 0.1) is 0 Å². The highest BCUT2D eigenvalue weighted by Gasteiger charge is 2.36. The Morgan fingerprint density at radius 2 is 1.50 bits per heavy atom. The molecule has 4 rings (SSSR count). The standard InChI is InChI=1S/C25H27N3O3S/c1-2-32(30,31)24-14-13-19(15-26-24)16-27-25(29)28-17-22(20-9-5-3-6-10-20)23(18-28)21-11-7-4-8-12-21/h3-15,22-23H,2,16-18H2,1H3,(H,27,29). The smallest absolute Gasteiger partial charge is 0.317 e. The number of amides is 2. The summed E-state index contributed by atoms with van der Waals surface area (Å²) < 4.78 is 23.8. The summed E-state index contributed by atoms with van der Waals surface area (Å²) >= 11 is 0. The Kier molecular flexibility index (Phi) is 6.55. The third-order valence-electron chi connectivity index (χ3n) is 6.00. The number of nitrogens with one attached hydrogen (secondary N) is 1. The van der Waals surface area contributed by atoms with Crippen molar-refractivity contribution in [1.82, 2.24) is 15.2 Å². The molecule has 1 saturated heterocycles. The number of rotatable bonds is 6. The Balaban J connectivity index is 1.45. The summed E-state index contributed by atoms with van der Waals surface area (Å²) in [4.78, 5) is 18.9. The second-order valence-electron chi connectivity index (χ2n) is 8.01. The number of nitrogens with zero attached hydrogens (tertiary/aromatic N) is 2. The van der Waals surface area contributed by atoms with Crippen LogP contribution in [0.4, 0.5) is 4.79 Å². The second-order valence-corrected chi connectivity index (χ2v) is 10.2. The van der Waals surface area contributed by atoms with Gasteiger partial charge in [-0.05, 0) is 22.8 Å². The summed E-state index contributed by atoms with van der Waals surface area (Å²) in [5.74, 6) is 0.463. The minimum absolute atomic E-state index is 0.0101. The van der Waals surface area contributed by atoms with E-state index in [9.17, 15) is 13.2 Å². The maximum atomic E-state index is 12.9. The molecule has 3 aromatic rings. The van der Waals surface area contributed by atoms with Crippen LogP contribution >= 0.6 is 0 Å². The van der Waals surface area contributed by atoms with E-state index in [4.69, 9.17) is 0 Å². The van der Waals surface area contributed by atoms with Crippen molar-refractivity contribution in [1.29, 1.82) is 0 Å². The fraction of sp³-hybridized carbons (Fsp3) is 0.280. The van der Waals surface area contributed by atoms with Crippen molar-refractivity contribution < 1.29 is 13.2 Å². The average molecular weight is 450 g/mol. The van der Waals surface area contributed by atoms with Gasteiger partial charge in [-0.1, -0.05) is 73.7 Å². The van der Waals surface area contributed by atoms with E-state index in [-0.39, 0.29) is 28.6 Å². The first kappa shape index (κ1) is 22.0. The SMILES string of the molecule is CCS(=O)(=O)c1ccc(CNC(=O)N2CC(c3ccccc3)C(c3ccccc3)C2)cn1. The molecule has 0 spiro atoms. The summed E-state index contributed by atoms with van der Waals surface area (Å²) in [6, 6.07) is 23.7. The Labute approximate surface area is 189 Å². The van der Waals surface area contributed by atoms with Gasteiger partial charge in [0.1, 0.15) is 0 Å². The first-order valence-corrected chi connectivity index (χ1v) is 12.4. The first-order chi connectivity index (χ1) is 15.5. The number of hydrogen-bond acceptors (Lipinski definition) is 4. The lowest BCUT2D eigenvalue weighted by atomic mass is 9.84. The molecule has 2 atom stereocenters. The number of benzene rings is 2. The number of likely N-dealkylation sites (tertiary alicyclic amines) is 1. The van der Waals surface area contributed by atoms with Crippen molar-refractivity contribution >= 4 is 15.9 Å². The van der Waals surface area contributed by atoms with Crippen LogP contribution in [0.2, 0.25) is 0 Å². The zero-order valence-electron chi connectivity index (χ0n) is 18.0. The maximum Gasteiger partial charge on any atom is 0.317 e. The van der Waals surface area contributed by atoms with Gasteiger partial charge >= 0.3 is 6.03 Å². The van der Waals surface area contributed by atoms with Crippen molar-refractivity contribution in [3.05, 3.63) is 95.7 Å². The number of sulfone groups is 1. The molecule has 0 aliphatic carbocycles. The van der Waals surface area contributed by atoms with Gasteiger partial charge in [-0.2, -0.15) is 0 Å². The molecule has 1 N–H and O–H groups in total. The molecule has 0 radical (unpaired) electrons. The molecule has 32 heavy (non-hydrogen) atoms. The fourth-order valence-corrected chi connectivity index (χ4v) is 4.97. The summed E-state index contributed by atoms with van der Waals surface area (Å²) in [6.07, 6.45) is 1.51. The summed E-state index contributed by atoms with van der Waals surface area (Å²) in [5, 5.41) is 3.02. The van der Waals surface area contributed by atoms with E-state index in [1.807, 2.05) is 41.3 Å². The number of pyridine rings is 1. The molecule has 7 heteroatoms. The summed E-state index contributed by atoms with van der Waals surface area (Å²) in [7, 11) is -3.33. The zero-order chi connectivity index (χ0) is 22.6. The maximum absolute atomic E-state index is 12.9. The van der Waals surface area contributed by atoms with Gasteiger partial charge < -0.3 is 10.2 Å². The van der Waals surface area contributed by atoms with Crippen molar-refractivity contribution in [3.63, 3.8) is 0 Å². The van der Waals surface area contributed by atoms with Gasteiger partial charge in [0.25, 0.3) is 0 Å². The fourth-order valence-electron chi connectivity index (χ4n) is 4.18. The Bertz CT molecular complexity index is 1100. The van der Waals surface area contributed by atoms with Crippen LogP contribution in [-0.4, -0.2) is 43.2 Å². The molecule has 2 heterocycles. The van der Waals surface area contributed by atoms with Crippen LogP contribution in [0.25, 0.3) is 0 Å². The van der Waals surface area contributed by atoms with Crippen molar-refractivity contribution in [3.8, 4) is 0 Å². The predicted octanol–water partition coefficient (Wildman–Crippen LogP) is 3.97. The molecule has 6 nitrogen and oxygen atoms in total. The van der Waals surface area contributed by atoms with Gasteiger partial charge in [0.2, 0.25) is 0 Å². The Hall–Kier alpha value is -3.19. The Morgan fingerprint density at radius 1 is 0.938 bits per heavy atom. The van der Waals surface area contributed by atoms with E-state index in [1.165, 1.54) is 23.4 Å². The van der Waals surface area contributed by atoms with E-state index in [2.05, 4.69) is 34.6 Å². The third kappa shape index (κ3) is 4.83. The van der Waals surface area contributed by atoms with Crippen LogP contribution in [0.5, 0.6) is 0 Å². The molecule has 0 saturated carbocycles. The molecule has 1 aliphatic heterocycles. The quantitative estimate of drug-likeness (QED) is 0.618. The van der Waals surface area contributed by atoms with Crippen molar-refractivity contribution in [2.24, 2.45) is 0 Å². The normalized spacial score (nSPS) is 18.5. The number of hydrogen-bond donors (Lipinski definition) is 1. The number of carbonyl (C=O) groups excluding carboxylic acids is 1. The van der Waals surface area contributed by atoms with Gasteiger partial charge in [0.05, 0.1) is 5.75 Å². The molecular weight excluding hydrogens is 422 g/mol. The number of aromatic nitrogens is 1. The summed E-state index contributed by atoms with van der Waals surface area (Å²) in [5.41, 5.74) is 3.22. The van der Waals surface area contributed by atoms with Crippen LogP contribution in [0.1, 0.15) is 35.4 Å². The monoisotopic (exact) mass is 449 g/mol. The van der Waals surface area contributed by atoms with Gasteiger partial charge in [-0.25, -0.2) is 18.2 Å². The second kappa shape index (κ2) is 9.53. The first-order valence-electron chi connectivity index (χ1n) is 10.8. The highest BCUT2D eigenvalue weighted by Crippen LogP contribution is 2.39. The molecule has 1 aliphatic rings. The van der Waals surface area contributed by atoms with Crippen LogP contribution in [0.3, 0.4) is 0 Å². The van der Waals surface area contributed by atoms with Gasteiger partial charge in [-0.3, -0.25) is 0 Å². The van der Waals surface area contributed by atoms with Crippen molar-refractivity contribution in [2.75, 3.05) is 18.8 Å². The lowest BCUT2D eigenvalue weighted by molar-refractivity contribution is 0.207. The van der Waals surface area contributed by atoms with E-state index >= 15 is 0 Å². The highest BCUT2D eigenvalue weighted by molar-refractivity contribution is 7.91. The van der Waals surface area contributed by atoms with Gasteiger partial charge in [-0.15, -0.1) is 0 Å². The molecule has 1 fully saturated rings. The molecule has 2 aromatic carbocycles. The number of carbonyl (C=O) groups is 1. The molecule has 2 unspecified atom stereocenters. The van der Waals surface area contributed by atoms with Crippen LogP contribution < -0.4 is 5.32 Å². The molecule has 2 amide bonds. The predicted molar refractivity (Wildman–Crippen MR) is 124 cm³/mol. The van der Waals surface area contributed by atoms with Gasteiger partial charge in [0, 0.05) is 37.7 Å². The van der Waals surface area contributed by atoms with Crippen LogP contribution in [0.15, 0.2) is 84.0 Å². The summed E-state index contributed by atoms with van der Waals surface area (Å²) in [6.45, 7) is 3.16. The van der Waals surface area contributed by atoms with Crippen LogP contribution in [-0.2, 0) is 16.4 Å². The molecule has 0 bridgehead atoms. The molecule has 166 valence electrons. The van der Waals surface area contributed by atoms with E-state index in [1.54, 1.807) is 13.0 Å². The molecular formula is C25H27N3O3S. The van der Waals surface area contributed by atoms with E-state index in [0.29, 0.717) is 19.6 Å². The van der Waals surface area contributed by atoms with E-state index < -0.39 is 9.84 Å². The zero-order valence-corrected chi connectivity index (χ0v) is 18.8. The topological polar surface area (TPSA) is 79.4 Å². The van der Waals surface area contributed by atoms with Crippen molar-refractivity contribution in [2.45, 2.75) is 30.3 Å². The van der Waals surface area contributed by atoms with E-state index in [0.717, 1.165) is 5.56 Å². The van der Waals surface area contributed by atoms with Gasteiger partial charge in [0.15, 0.2) is 14.9 Å². The Morgan fingerprint density at radius 3 is 1.97 bits per heavy atom. The number of urea groups is 1. The molecule has 1 aromatic heterocycles. The minimum Gasteiger partial charge on any atom is -0.334 e. The lowest BCUT2D eigenvalue weighted by Gasteiger charge is -2.18. The average Bonchev–Trinajstić information content (AvgIpc) is 3.30. The lowest BCUT2D eigenvalue weighted by Crippen LogP contribution is -2.38. The minimum atomic E-state index is -3.33. The highest BCUT2D eigenvalue weighted by atomic mass is 32.2. The third-order valence-corrected chi connectivity index (χ3v) is 7.64.